The highest BCUT2D eigenvalue weighted by atomic mass is 35.6. The maximum atomic E-state index is 12.5. The number of alkyl halides is 3. The molecule has 0 aliphatic heterocycles. The van der Waals surface area contributed by atoms with Crippen molar-refractivity contribution < 1.29 is 9.72 Å². The average molecular weight is 476 g/mol. The number of rotatable bonds is 5. The number of benzene rings is 2. The Morgan fingerprint density at radius 3 is 2.38 bits per heavy atom. The molecular weight excluding hydrogens is 459 g/mol. The Hall–Kier alpha value is -2.13. The van der Waals surface area contributed by atoms with Crippen molar-refractivity contribution in [3.8, 4) is 0 Å². The van der Waals surface area contributed by atoms with E-state index in [1.54, 1.807) is 0 Å². The quantitative estimate of drug-likeness (QED) is 0.192. The van der Waals surface area contributed by atoms with Crippen LogP contribution in [0.2, 0.25) is 0 Å². The molecule has 7 nitrogen and oxygen atoms in total. The second-order valence-corrected chi connectivity index (χ2v) is 8.93. The van der Waals surface area contributed by atoms with Gasteiger partial charge in [0.25, 0.3) is 11.6 Å². The maximum Gasteiger partial charge on any atom is 0.270 e. The highest BCUT2D eigenvalue weighted by Crippen LogP contribution is 2.29. The Morgan fingerprint density at radius 2 is 1.79 bits per heavy atom. The molecule has 29 heavy (non-hydrogen) atoms. The second-order valence-electron chi connectivity index (χ2n) is 6.15. The number of amides is 1. The molecule has 2 aromatic rings. The van der Waals surface area contributed by atoms with Crippen molar-refractivity contribution in [3.05, 3.63) is 69.3 Å². The summed E-state index contributed by atoms with van der Waals surface area (Å²) in [5.41, 5.74) is 2.71. The Kier molecular flexibility index (Phi) is 7.65. The third-order valence-electron chi connectivity index (χ3n) is 3.96. The van der Waals surface area contributed by atoms with Crippen LogP contribution in [0.15, 0.2) is 42.5 Å². The Balaban J connectivity index is 2.12. The fourth-order valence-electron chi connectivity index (χ4n) is 2.29. The van der Waals surface area contributed by atoms with Gasteiger partial charge in [-0.25, -0.2) is 0 Å². The molecule has 0 heterocycles. The number of non-ortho nitro benzene ring substituents is 1. The molecule has 0 saturated heterocycles. The zero-order valence-electron chi connectivity index (χ0n) is 15.3. The van der Waals surface area contributed by atoms with E-state index in [1.807, 2.05) is 32.0 Å². The van der Waals surface area contributed by atoms with E-state index >= 15 is 0 Å². The van der Waals surface area contributed by atoms with Crippen molar-refractivity contribution in [2.24, 2.45) is 0 Å². The van der Waals surface area contributed by atoms with Crippen LogP contribution < -0.4 is 16.0 Å². The minimum atomic E-state index is -1.95. The molecule has 0 aliphatic carbocycles. The summed E-state index contributed by atoms with van der Waals surface area (Å²) in [7, 11) is 0. The molecule has 154 valence electrons. The summed E-state index contributed by atoms with van der Waals surface area (Å²) in [6.45, 7) is 3.94. The first-order chi connectivity index (χ1) is 13.5. The monoisotopic (exact) mass is 474 g/mol. The Labute approximate surface area is 187 Å². The number of hydrogen-bond donors (Lipinski definition) is 3. The molecule has 2 rings (SSSR count). The molecular formula is C18H17Cl3N4O3S. The maximum absolute atomic E-state index is 12.5. The topological polar surface area (TPSA) is 96.3 Å². The Bertz CT molecular complexity index is 950. The van der Waals surface area contributed by atoms with Crippen LogP contribution in [0, 0.1) is 24.0 Å². The van der Waals surface area contributed by atoms with E-state index in [-0.39, 0.29) is 16.4 Å². The molecule has 0 radical (unpaired) electrons. The van der Waals surface area contributed by atoms with Crippen LogP contribution in [0.5, 0.6) is 0 Å². The number of nitrogens with one attached hydrogen (secondary N) is 3. The van der Waals surface area contributed by atoms with Gasteiger partial charge in [-0.3, -0.25) is 14.9 Å². The number of hydrogen-bond acceptors (Lipinski definition) is 4. The van der Waals surface area contributed by atoms with Gasteiger partial charge in [-0.15, -0.1) is 0 Å². The first kappa shape index (κ1) is 23.2. The first-order valence-electron chi connectivity index (χ1n) is 8.24. The summed E-state index contributed by atoms with van der Waals surface area (Å²) >= 11 is 23.1. The number of aryl methyl sites for hydroxylation is 2. The summed E-state index contributed by atoms with van der Waals surface area (Å²) < 4.78 is -1.95. The van der Waals surface area contributed by atoms with Crippen molar-refractivity contribution in [3.63, 3.8) is 0 Å². The van der Waals surface area contributed by atoms with Crippen LogP contribution >= 0.6 is 47.0 Å². The third kappa shape index (κ3) is 6.71. The molecule has 0 spiro atoms. The predicted molar refractivity (Wildman–Crippen MR) is 120 cm³/mol. The number of nitro benzene ring substituents is 1. The van der Waals surface area contributed by atoms with E-state index in [4.69, 9.17) is 47.0 Å². The van der Waals surface area contributed by atoms with Gasteiger partial charge in [-0.05, 0) is 55.4 Å². The fourth-order valence-corrected chi connectivity index (χ4v) is 2.86. The molecule has 11 heteroatoms. The van der Waals surface area contributed by atoms with Gasteiger partial charge in [-0.1, -0.05) is 46.9 Å². The SMILES string of the molecule is Cc1ccc(NC(=S)NC(NC(=O)c2cccc([N+](=O)[O-])c2)C(Cl)(Cl)Cl)cc1C. The van der Waals surface area contributed by atoms with Crippen molar-refractivity contribution in [1.82, 2.24) is 10.6 Å². The molecule has 0 aromatic heterocycles. The van der Waals surface area contributed by atoms with Crippen molar-refractivity contribution >= 4 is 69.4 Å². The summed E-state index contributed by atoms with van der Waals surface area (Å²) in [4.78, 5) is 22.8. The molecule has 0 saturated carbocycles. The van der Waals surface area contributed by atoms with E-state index in [1.165, 1.54) is 18.2 Å². The average Bonchev–Trinajstić information content (AvgIpc) is 2.63. The summed E-state index contributed by atoms with van der Waals surface area (Å²) in [6, 6.07) is 10.8. The van der Waals surface area contributed by atoms with Crippen LogP contribution in [0.1, 0.15) is 21.5 Å². The van der Waals surface area contributed by atoms with Crippen molar-refractivity contribution in [2.45, 2.75) is 23.8 Å². The van der Waals surface area contributed by atoms with Gasteiger partial charge in [-0.2, -0.15) is 0 Å². The number of nitro groups is 1. The lowest BCUT2D eigenvalue weighted by Crippen LogP contribution is -2.56. The minimum absolute atomic E-state index is 0.0355. The molecule has 0 bridgehead atoms. The number of carbonyl (C=O) groups excluding carboxylic acids is 1. The van der Waals surface area contributed by atoms with Gasteiger partial charge in [0.2, 0.25) is 3.79 Å². The normalized spacial score (nSPS) is 12.0. The molecule has 1 unspecified atom stereocenters. The molecule has 3 N–H and O–H groups in total. The molecule has 1 atom stereocenters. The van der Waals surface area contributed by atoms with Crippen LogP contribution in [-0.4, -0.2) is 25.9 Å². The summed E-state index contributed by atoms with van der Waals surface area (Å²) in [5, 5.41) is 19.2. The van der Waals surface area contributed by atoms with Crippen LogP contribution in [0.25, 0.3) is 0 Å². The molecule has 0 fully saturated rings. The van der Waals surface area contributed by atoms with Crippen molar-refractivity contribution in [2.75, 3.05) is 5.32 Å². The zero-order valence-corrected chi connectivity index (χ0v) is 18.4. The largest absolute Gasteiger partial charge is 0.339 e. The summed E-state index contributed by atoms with van der Waals surface area (Å²) in [6.07, 6.45) is -1.20. The van der Waals surface area contributed by atoms with E-state index in [0.29, 0.717) is 0 Å². The number of carbonyl (C=O) groups is 1. The molecule has 2 aromatic carbocycles. The summed E-state index contributed by atoms with van der Waals surface area (Å²) in [5.74, 6) is -0.675. The van der Waals surface area contributed by atoms with Gasteiger partial charge in [0.1, 0.15) is 6.17 Å². The molecule has 1 amide bonds. The van der Waals surface area contributed by atoms with E-state index in [9.17, 15) is 14.9 Å². The predicted octanol–water partition coefficient (Wildman–Crippen LogP) is 4.62. The number of nitrogens with zero attached hydrogens (tertiary/aromatic N) is 1. The minimum Gasteiger partial charge on any atom is -0.339 e. The first-order valence-corrected chi connectivity index (χ1v) is 9.78. The highest BCUT2D eigenvalue weighted by Gasteiger charge is 2.35. The lowest BCUT2D eigenvalue weighted by atomic mass is 10.1. The smallest absolute Gasteiger partial charge is 0.270 e. The Morgan fingerprint density at radius 1 is 1.10 bits per heavy atom. The van der Waals surface area contributed by atoms with Gasteiger partial charge in [0.15, 0.2) is 5.11 Å². The number of halogens is 3. The number of anilines is 1. The molecule has 0 aliphatic rings. The second kappa shape index (κ2) is 9.58. The van der Waals surface area contributed by atoms with Crippen LogP contribution in [0.4, 0.5) is 11.4 Å². The highest BCUT2D eigenvalue weighted by molar-refractivity contribution is 7.80. The lowest BCUT2D eigenvalue weighted by Gasteiger charge is -2.27. The number of thiocarbonyl (C=S) groups is 1. The van der Waals surface area contributed by atoms with Crippen LogP contribution in [0.3, 0.4) is 0 Å². The van der Waals surface area contributed by atoms with Gasteiger partial charge < -0.3 is 16.0 Å². The van der Waals surface area contributed by atoms with Gasteiger partial charge in [0.05, 0.1) is 4.92 Å². The van der Waals surface area contributed by atoms with E-state index < -0.39 is 20.8 Å². The van der Waals surface area contributed by atoms with E-state index in [0.717, 1.165) is 22.9 Å². The zero-order chi connectivity index (χ0) is 21.8. The van der Waals surface area contributed by atoms with Gasteiger partial charge in [0, 0.05) is 23.4 Å². The standard InChI is InChI=1S/C18H17Cl3N4O3S/c1-10-6-7-13(8-11(10)2)22-17(29)24-16(18(19,20)21)23-15(26)12-4-3-5-14(9-12)25(27)28/h3-9,16H,1-2H3,(H,23,26)(H2,22,24,29). The van der Waals surface area contributed by atoms with E-state index in [2.05, 4.69) is 16.0 Å². The fraction of sp³-hybridized carbons (Fsp3) is 0.222. The lowest BCUT2D eigenvalue weighted by molar-refractivity contribution is -0.384. The van der Waals surface area contributed by atoms with Crippen LogP contribution in [-0.2, 0) is 0 Å². The van der Waals surface area contributed by atoms with Crippen molar-refractivity contribution in [1.29, 1.82) is 0 Å². The van der Waals surface area contributed by atoms with Gasteiger partial charge >= 0.3 is 0 Å². The third-order valence-corrected chi connectivity index (χ3v) is 4.84.